The number of thiophene rings is 1. The number of nitrogens with one attached hydrogen (secondary N) is 2. The van der Waals surface area contributed by atoms with E-state index in [4.69, 9.17) is 4.74 Å². The van der Waals surface area contributed by atoms with Gasteiger partial charge in [0.05, 0.1) is 22.5 Å². The van der Waals surface area contributed by atoms with Gasteiger partial charge in [0.1, 0.15) is 5.00 Å². The predicted octanol–water partition coefficient (Wildman–Crippen LogP) is 3.98. The number of non-ortho nitro benzene ring substituents is 1. The number of anilines is 1. The summed E-state index contributed by atoms with van der Waals surface area (Å²) in [6, 6.07) is 14.7. The van der Waals surface area contributed by atoms with E-state index in [0.29, 0.717) is 18.5 Å². The Bertz CT molecular complexity index is 1190. The fraction of sp³-hybridized carbons (Fsp3) is 0.174. The van der Waals surface area contributed by atoms with E-state index in [1.54, 1.807) is 6.92 Å². The topological polar surface area (TPSA) is 128 Å². The summed E-state index contributed by atoms with van der Waals surface area (Å²) >= 11 is 0.962. The van der Waals surface area contributed by atoms with Crippen LogP contribution in [0.3, 0.4) is 0 Å². The Morgan fingerprint density at radius 1 is 1.03 bits per heavy atom. The van der Waals surface area contributed by atoms with Crippen LogP contribution in [-0.4, -0.2) is 36.4 Å². The molecular formula is C23H21N3O6S. The molecule has 9 nitrogen and oxygen atoms in total. The number of carbonyl (C=O) groups excluding carboxylic acids is 3. The Morgan fingerprint density at radius 3 is 2.30 bits per heavy atom. The van der Waals surface area contributed by atoms with Crippen molar-refractivity contribution in [3.8, 4) is 0 Å². The van der Waals surface area contributed by atoms with Crippen LogP contribution in [0.15, 0.2) is 54.6 Å². The molecule has 0 spiro atoms. The van der Waals surface area contributed by atoms with Crippen LogP contribution in [0.1, 0.15) is 41.5 Å². The third kappa shape index (κ3) is 5.60. The molecule has 10 heteroatoms. The molecule has 0 aliphatic carbocycles. The van der Waals surface area contributed by atoms with Gasteiger partial charge in [-0.05, 0) is 36.6 Å². The van der Waals surface area contributed by atoms with E-state index in [0.717, 1.165) is 16.9 Å². The predicted molar refractivity (Wildman–Crippen MR) is 124 cm³/mol. The van der Waals surface area contributed by atoms with Gasteiger partial charge >= 0.3 is 5.97 Å². The first-order valence-electron chi connectivity index (χ1n) is 9.91. The van der Waals surface area contributed by atoms with Gasteiger partial charge < -0.3 is 15.4 Å². The molecule has 0 fully saturated rings. The lowest BCUT2D eigenvalue weighted by molar-refractivity contribution is -0.384. The van der Waals surface area contributed by atoms with Crippen molar-refractivity contribution in [1.82, 2.24) is 5.32 Å². The highest BCUT2D eigenvalue weighted by Gasteiger charge is 2.26. The van der Waals surface area contributed by atoms with E-state index in [1.165, 1.54) is 31.4 Å². The number of ether oxygens (including phenoxy) is 1. The number of carbonyl (C=O) groups is 3. The summed E-state index contributed by atoms with van der Waals surface area (Å²) in [5.74, 6) is -1.63. The first kappa shape index (κ1) is 23.6. The van der Waals surface area contributed by atoms with Crippen molar-refractivity contribution in [3.05, 3.63) is 91.8 Å². The van der Waals surface area contributed by atoms with Crippen molar-refractivity contribution in [2.75, 3.05) is 19.0 Å². The Morgan fingerprint density at radius 2 is 1.70 bits per heavy atom. The lowest BCUT2D eigenvalue weighted by Gasteiger charge is -2.06. The molecule has 3 rings (SSSR count). The van der Waals surface area contributed by atoms with Gasteiger partial charge in [-0.15, -0.1) is 11.3 Å². The second kappa shape index (κ2) is 10.5. The Hall–Kier alpha value is -4.05. The van der Waals surface area contributed by atoms with E-state index in [2.05, 4.69) is 10.6 Å². The molecule has 170 valence electrons. The van der Waals surface area contributed by atoms with Crippen LogP contribution < -0.4 is 10.6 Å². The number of nitrogens with zero attached hydrogens (tertiary/aromatic N) is 1. The molecule has 33 heavy (non-hydrogen) atoms. The molecule has 1 heterocycles. The lowest BCUT2D eigenvalue weighted by Crippen LogP contribution is -2.25. The molecule has 2 N–H and O–H groups in total. The van der Waals surface area contributed by atoms with Crippen LogP contribution in [-0.2, 0) is 11.2 Å². The lowest BCUT2D eigenvalue weighted by atomic mass is 10.1. The molecule has 0 atom stereocenters. The Labute approximate surface area is 193 Å². The first-order chi connectivity index (χ1) is 15.8. The average Bonchev–Trinajstić information content (AvgIpc) is 3.14. The second-order valence-corrected chi connectivity index (χ2v) is 8.02. The summed E-state index contributed by atoms with van der Waals surface area (Å²) in [5.41, 5.74) is 1.57. The molecule has 0 unspecified atom stereocenters. The smallest absolute Gasteiger partial charge is 0.341 e. The minimum Gasteiger partial charge on any atom is -0.465 e. The van der Waals surface area contributed by atoms with Crippen LogP contribution in [0.25, 0.3) is 0 Å². The second-order valence-electron chi connectivity index (χ2n) is 7.00. The summed E-state index contributed by atoms with van der Waals surface area (Å²) < 4.78 is 4.83. The number of nitro benzene ring substituents is 1. The van der Waals surface area contributed by atoms with Gasteiger partial charge in [0.2, 0.25) is 0 Å². The van der Waals surface area contributed by atoms with Crippen molar-refractivity contribution in [1.29, 1.82) is 0 Å². The molecule has 2 amide bonds. The summed E-state index contributed by atoms with van der Waals surface area (Å²) in [5, 5.41) is 16.4. The van der Waals surface area contributed by atoms with Gasteiger partial charge in [-0.3, -0.25) is 19.7 Å². The molecule has 0 saturated carbocycles. The van der Waals surface area contributed by atoms with Gasteiger partial charge in [0.25, 0.3) is 17.5 Å². The maximum absolute atomic E-state index is 12.8. The minimum absolute atomic E-state index is 0.0889. The molecule has 0 saturated heterocycles. The molecule has 3 aromatic rings. The molecule has 0 bridgehead atoms. The molecule has 0 radical (unpaired) electrons. The number of amides is 2. The van der Waals surface area contributed by atoms with Gasteiger partial charge in [-0.1, -0.05) is 30.3 Å². The number of methoxy groups -OCH3 is 1. The van der Waals surface area contributed by atoms with Crippen LogP contribution in [0.2, 0.25) is 0 Å². The van der Waals surface area contributed by atoms with Gasteiger partial charge in [0, 0.05) is 24.2 Å². The van der Waals surface area contributed by atoms with Crippen molar-refractivity contribution >= 4 is 39.8 Å². The maximum Gasteiger partial charge on any atom is 0.341 e. The fourth-order valence-electron chi connectivity index (χ4n) is 3.12. The number of esters is 1. The highest BCUT2D eigenvalue weighted by molar-refractivity contribution is 7.18. The standard InChI is InChI=1S/C23H21N3O6S/c1-14-18(23(29)32-2)22(25-20(27)16-8-10-17(11-9-16)26(30)31)33-19(14)21(28)24-13-12-15-6-4-3-5-7-15/h3-11H,12-13H2,1-2H3,(H,24,28)(H,25,27). The minimum atomic E-state index is -0.689. The van der Waals surface area contributed by atoms with Crippen molar-refractivity contribution in [2.45, 2.75) is 13.3 Å². The van der Waals surface area contributed by atoms with Gasteiger partial charge in [-0.25, -0.2) is 4.79 Å². The van der Waals surface area contributed by atoms with Crippen LogP contribution >= 0.6 is 11.3 Å². The molecular weight excluding hydrogens is 446 g/mol. The molecule has 0 aliphatic heterocycles. The summed E-state index contributed by atoms with van der Waals surface area (Å²) in [4.78, 5) is 48.3. The van der Waals surface area contributed by atoms with E-state index in [-0.39, 0.29) is 32.6 Å². The molecule has 2 aromatic carbocycles. The van der Waals surface area contributed by atoms with Crippen LogP contribution in [0.5, 0.6) is 0 Å². The maximum atomic E-state index is 12.8. The summed E-state index contributed by atoms with van der Waals surface area (Å²) in [6.45, 7) is 2.01. The third-order valence-corrected chi connectivity index (χ3v) is 6.06. The Kier molecular flexibility index (Phi) is 7.52. The Balaban J connectivity index is 1.78. The van der Waals surface area contributed by atoms with Crippen molar-refractivity contribution < 1.29 is 24.0 Å². The van der Waals surface area contributed by atoms with E-state index < -0.39 is 16.8 Å². The fourth-order valence-corrected chi connectivity index (χ4v) is 4.23. The van der Waals surface area contributed by atoms with E-state index in [9.17, 15) is 24.5 Å². The average molecular weight is 468 g/mol. The normalized spacial score (nSPS) is 10.4. The first-order valence-corrected chi connectivity index (χ1v) is 10.7. The highest BCUT2D eigenvalue weighted by Crippen LogP contribution is 2.34. The van der Waals surface area contributed by atoms with Crippen molar-refractivity contribution in [2.24, 2.45) is 0 Å². The quantitative estimate of drug-likeness (QED) is 0.293. The largest absolute Gasteiger partial charge is 0.465 e. The van der Waals surface area contributed by atoms with E-state index >= 15 is 0 Å². The van der Waals surface area contributed by atoms with E-state index in [1.807, 2.05) is 30.3 Å². The molecule has 0 aliphatic rings. The number of hydrogen-bond acceptors (Lipinski definition) is 7. The van der Waals surface area contributed by atoms with Gasteiger partial charge in [0.15, 0.2) is 0 Å². The third-order valence-electron chi connectivity index (χ3n) is 4.85. The summed E-state index contributed by atoms with van der Waals surface area (Å²) in [7, 11) is 1.21. The summed E-state index contributed by atoms with van der Waals surface area (Å²) in [6.07, 6.45) is 0.643. The zero-order valence-electron chi connectivity index (χ0n) is 17.9. The number of rotatable bonds is 8. The van der Waals surface area contributed by atoms with Gasteiger partial charge in [-0.2, -0.15) is 0 Å². The SMILES string of the molecule is COC(=O)c1c(NC(=O)c2ccc([N+](=O)[O-])cc2)sc(C(=O)NCCc2ccccc2)c1C. The van der Waals surface area contributed by atoms with Crippen LogP contribution in [0, 0.1) is 17.0 Å². The zero-order valence-corrected chi connectivity index (χ0v) is 18.7. The highest BCUT2D eigenvalue weighted by atomic mass is 32.1. The van der Waals surface area contributed by atoms with Crippen molar-refractivity contribution in [3.63, 3.8) is 0 Å². The zero-order chi connectivity index (χ0) is 24.0. The molecule has 1 aromatic heterocycles. The monoisotopic (exact) mass is 467 g/mol. The number of nitro groups is 1. The van der Waals surface area contributed by atoms with Crippen LogP contribution in [0.4, 0.5) is 10.7 Å². The number of benzene rings is 2. The number of hydrogen-bond donors (Lipinski definition) is 2.